The standard InChI is InChI=1S/C23H34Cl2N2O3S/c1-2-18-31(29,30)27-16-14-26(15-17-27)23(11-5-3-4-6-12-23)13-10-21(28)22-19(24)8-7-9-20(22)25/h7-9H,2-6,10-18H2,1H3. The topological polar surface area (TPSA) is 57.7 Å². The van der Waals surface area contributed by atoms with Crippen LogP contribution >= 0.6 is 23.2 Å². The summed E-state index contributed by atoms with van der Waals surface area (Å²) in [4.78, 5) is 15.5. The van der Waals surface area contributed by atoms with E-state index in [-0.39, 0.29) is 17.1 Å². The lowest BCUT2D eigenvalue weighted by Crippen LogP contribution is -2.58. The summed E-state index contributed by atoms with van der Waals surface area (Å²) in [6.07, 6.45) is 8.64. The van der Waals surface area contributed by atoms with Gasteiger partial charge in [-0.15, -0.1) is 0 Å². The van der Waals surface area contributed by atoms with Gasteiger partial charge in [0.2, 0.25) is 10.0 Å². The van der Waals surface area contributed by atoms with Gasteiger partial charge in [-0.25, -0.2) is 8.42 Å². The van der Waals surface area contributed by atoms with Crippen molar-refractivity contribution >= 4 is 39.0 Å². The molecule has 2 aliphatic rings. The second-order valence-electron chi connectivity index (χ2n) is 8.86. The number of halogens is 2. The zero-order chi connectivity index (χ0) is 22.5. The van der Waals surface area contributed by atoms with Gasteiger partial charge in [0.15, 0.2) is 5.78 Å². The highest BCUT2D eigenvalue weighted by Crippen LogP contribution is 2.38. The van der Waals surface area contributed by atoms with Crippen LogP contribution in [-0.4, -0.2) is 60.9 Å². The quantitative estimate of drug-likeness (QED) is 0.362. The molecule has 0 unspecified atom stereocenters. The molecule has 1 aromatic rings. The molecule has 0 bridgehead atoms. The Bertz CT molecular complexity index is 839. The molecule has 8 heteroatoms. The number of piperazine rings is 1. The number of rotatable bonds is 8. The second-order valence-corrected chi connectivity index (χ2v) is 11.8. The fourth-order valence-corrected chi connectivity index (χ4v) is 7.28. The van der Waals surface area contributed by atoms with Gasteiger partial charge < -0.3 is 0 Å². The molecule has 174 valence electrons. The highest BCUT2D eigenvalue weighted by atomic mass is 35.5. The Morgan fingerprint density at radius 2 is 1.58 bits per heavy atom. The predicted molar refractivity (Wildman–Crippen MR) is 128 cm³/mol. The third-order valence-electron chi connectivity index (χ3n) is 6.86. The number of carbonyl (C=O) groups is 1. The third-order valence-corrected chi connectivity index (χ3v) is 9.56. The Hall–Kier alpha value is -0.660. The predicted octanol–water partition coefficient (Wildman–Crippen LogP) is 5.41. The first kappa shape index (κ1) is 25.0. The van der Waals surface area contributed by atoms with Crippen LogP contribution in [-0.2, 0) is 10.0 Å². The van der Waals surface area contributed by atoms with Crippen LogP contribution in [0.25, 0.3) is 0 Å². The molecule has 1 saturated carbocycles. The van der Waals surface area contributed by atoms with Crippen LogP contribution in [0, 0.1) is 0 Å². The SMILES string of the molecule is CCCS(=O)(=O)N1CCN(C2(CCC(=O)c3c(Cl)cccc3Cl)CCCCCC2)CC1. The zero-order valence-electron chi connectivity index (χ0n) is 18.4. The monoisotopic (exact) mass is 488 g/mol. The van der Waals surface area contributed by atoms with E-state index >= 15 is 0 Å². The minimum absolute atomic E-state index is 0.0108. The van der Waals surface area contributed by atoms with Crippen LogP contribution in [0.15, 0.2) is 18.2 Å². The van der Waals surface area contributed by atoms with Gasteiger partial charge in [0.25, 0.3) is 0 Å². The fourth-order valence-electron chi connectivity index (χ4n) is 5.17. The van der Waals surface area contributed by atoms with Gasteiger partial charge in [0.1, 0.15) is 0 Å². The summed E-state index contributed by atoms with van der Waals surface area (Å²) in [5.41, 5.74) is 0.366. The summed E-state index contributed by atoms with van der Waals surface area (Å²) >= 11 is 12.5. The van der Waals surface area contributed by atoms with Crippen LogP contribution in [0.3, 0.4) is 0 Å². The average molecular weight is 490 g/mol. The van der Waals surface area contributed by atoms with Crippen molar-refractivity contribution in [2.75, 3.05) is 31.9 Å². The minimum atomic E-state index is -3.16. The smallest absolute Gasteiger partial charge is 0.214 e. The molecule has 0 spiro atoms. The van der Waals surface area contributed by atoms with E-state index in [1.54, 1.807) is 22.5 Å². The summed E-state index contributed by atoms with van der Waals surface area (Å²) in [6.45, 7) is 4.42. The molecule has 3 rings (SSSR count). The number of Topliss-reactive ketones (excluding diaryl/α,β-unsaturated/α-hetero) is 1. The number of nitrogens with zero attached hydrogens (tertiary/aromatic N) is 2. The van der Waals surface area contributed by atoms with E-state index in [0.29, 0.717) is 41.5 Å². The highest BCUT2D eigenvalue weighted by Gasteiger charge is 2.40. The lowest BCUT2D eigenvalue weighted by molar-refractivity contribution is 0.0320. The largest absolute Gasteiger partial charge is 0.295 e. The molecule has 5 nitrogen and oxygen atoms in total. The average Bonchev–Trinajstić information content (AvgIpc) is 2.99. The maximum atomic E-state index is 13.0. The molecule has 1 aromatic carbocycles. The molecule has 0 aromatic heterocycles. The minimum Gasteiger partial charge on any atom is -0.295 e. The summed E-state index contributed by atoms with van der Waals surface area (Å²) < 4.78 is 26.6. The number of hydrogen-bond donors (Lipinski definition) is 0. The first-order chi connectivity index (χ1) is 14.8. The first-order valence-electron chi connectivity index (χ1n) is 11.5. The van der Waals surface area contributed by atoms with E-state index in [1.165, 1.54) is 12.8 Å². The van der Waals surface area contributed by atoms with Crippen molar-refractivity contribution in [2.24, 2.45) is 0 Å². The van der Waals surface area contributed by atoms with Gasteiger partial charge >= 0.3 is 0 Å². The molecule has 1 heterocycles. The Morgan fingerprint density at radius 3 is 2.13 bits per heavy atom. The molecule has 1 aliphatic heterocycles. The highest BCUT2D eigenvalue weighted by molar-refractivity contribution is 7.89. The molecular formula is C23H34Cl2N2O3S. The van der Waals surface area contributed by atoms with Gasteiger partial charge in [-0.05, 0) is 37.8 Å². The maximum Gasteiger partial charge on any atom is 0.214 e. The molecule has 1 saturated heterocycles. The van der Waals surface area contributed by atoms with Gasteiger partial charge in [-0.3, -0.25) is 9.69 Å². The Kier molecular flexibility index (Phi) is 8.84. The summed E-state index contributed by atoms with van der Waals surface area (Å²) in [5, 5.41) is 0.810. The molecule has 2 fully saturated rings. The van der Waals surface area contributed by atoms with Crippen molar-refractivity contribution in [1.29, 1.82) is 0 Å². The van der Waals surface area contributed by atoms with Gasteiger partial charge in [0, 0.05) is 38.1 Å². The number of sulfonamides is 1. The van der Waals surface area contributed by atoms with Crippen molar-refractivity contribution in [3.63, 3.8) is 0 Å². The van der Waals surface area contributed by atoms with Crippen molar-refractivity contribution in [3.05, 3.63) is 33.8 Å². The Labute approximate surface area is 197 Å². The van der Waals surface area contributed by atoms with Crippen molar-refractivity contribution in [3.8, 4) is 0 Å². The van der Waals surface area contributed by atoms with E-state index in [9.17, 15) is 13.2 Å². The summed E-state index contributed by atoms with van der Waals surface area (Å²) in [6, 6.07) is 5.16. The fraction of sp³-hybridized carbons (Fsp3) is 0.696. The second kappa shape index (κ2) is 11.0. The van der Waals surface area contributed by atoms with E-state index in [0.717, 1.165) is 45.2 Å². The number of ketones is 1. The molecule has 1 aliphatic carbocycles. The Morgan fingerprint density at radius 1 is 1.00 bits per heavy atom. The molecule has 0 N–H and O–H groups in total. The number of benzene rings is 1. The summed E-state index contributed by atoms with van der Waals surface area (Å²) in [5.74, 6) is 0.203. The number of carbonyl (C=O) groups excluding carboxylic acids is 1. The maximum absolute atomic E-state index is 13.0. The van der Waals surface area contributed by atoms with E-state index < -0.39 is 10.0 Å². The molecular weight excluding hydrogens is 455 g/mol. The molecule has 0 atom stereocenters. The van der Waals surface area contributed by atoms with Crippen LogP contribution in [0.4, 0.5) is 0 Å². The lowest BCUT2D eigenvalue weighted by Gasteiger charge is -2.48. The van der Waals surface area contributed by atoms with E-state index in [4.69, 9.17) is 23.2 Å². The zero-order valence-corrected chi connectivity index (χ0v) is 20.7. The van der Waals surface area contributed by atoms with Crippen molar-refractivity contribution in [1.82, 2.24) is 9.21 Å². The van der Waals surface area contributed by atoms with E-state index in [2.05, 4.69) is 4.90 Å². The van der Waals surface area contributed by atoms with Crippen LogP contribution in [0.2, 0.25) is 10.0 Å². The van der Waals surface area contributed by atoms with Crippen LogP contribution < -0.4 is 0 Å². The molecule has 0 radical (unpaired) electrons. The van der Waals surface area contributed by atoms with Crippen LogP contribution in [0.1, 0.15) is 75.1 Å². The van der Waals surface area contributed by atoms with Gasteiger partial charge in [-0.2, -0.15) is 4.31 Å². The third kappa shape index (κ3) is 6.02. The van der Waals surface area contributed by atoms with Gasteiger partial charge in [0.05, 0.1) is 21.4 Å². The first-order valence-corrected chi connectivity index (χ1v) is 13.9. The van der Waals surface area contributed by atoms with Gasteiger partial charge in [-0.1, -0.05) is 61.9 Å². The molecule has 0 amide bonds. The van der Waals surface area contributed by atoms with E-state index in [1.807, 2.05) is 6.92 Å². The van der Waals surface area contributed by atoms with Crippen molar-refractivity contribution in [2.45, 2.75) is 70.3 Å². The normalized spacial score (nSPS) is 21.0. The summed E-state index contributed by atoms with van der Waals surface area (Å²) in [7, 11) is -3.16. The Balaban J connectivity index is 1.72. The van der Waals surface area contributed by atoms with Crippen molar-refractivity contribution < 1.29 is 13.2 Å². The molecule has 31 heavy (non-hydrogen) atoms. The number of hydrogen-bond acceptors (Lipinski definition) is 4. The van der Waals surface area contributed by atoms with Crippen LogP contribution in [0.5, 0.6) is 0 Å². The lowest BCUT2D eigenvalue weighted by atomic mass is 9.82.